The van der Waals surface area contributed by atoms with Crippen molar-refractivity contribution >= 4 is 10.9 Å². The van der Waals surface area contributed by atoms with Crippen molar-refractivity contribution in [3.63, 3.8) is 0 Å². The van der Waals surface area contributed by atoms with Gasteiger partial charge in [-0.1, -0.05) is 26.0 Å². The second-order valence-electron chi connectivity index (χ2n) is 7.32. The lowest BCUT2D eigenvalue weighted by Gasteiger charge is -2.36. The summed E-state index contributed by atoms with van der Waals surface area (Å²) in [6, 6.07) is 10.5. The van der Waals surface area contributed by atoms with Crippen LogP contribution in [0, 0.1) is 5.41 Å². The van der Waals surface area contributed by atoms with Gasteiger partial charge in [0.2, 0.25) is 0 Å². The molecule has 0 radical (unpaired) electrons. The number of rotatable bonds is 1. The third-order valence-electron chi connectivity index (χ3n) is 4.53. The molecular weight excluding hydrogens is 324 g/mol. The van der Waals surface area contributed by atoms with Crippen LogP contribution in [-0.2, 0) is 12.5 Å². The largest absolute Gasteiger partial charge is 0.305 e. The smallest absolute Gasteiger partial charge is 0.291 e. The van der Waals surface area contributed by atoms with Gasteiger partial charge < -0.3 is 0 Å². The standard InChI is InChI=1S/C19H17F2N3O/c1-18(2)10-19(20,21)17-23-15-9-12(14-5-3-4-8-22-14)6-7-13(15)16(25)24(17)11-18/h3-9H,10-11H2,1-2H3. The van der Waals surface area contributed by atoms with Gasteiger partial charge >= 0.3 is 5.92 Å². The molecule has 1 aliphatic heterocycles. The van der Waals surface area contributed by atoms with Crippen molar-refractivity contribution in [1.82, 2.24) is 14.5 Å². The fourth-order valence-electron chi connectivity index (χ4n) is 3.50. The number of hydrogen-bond donors (Lipinski definition) is 0. The fraction of sp³-hybridized carbons (Fsp3) is 0.316. The van der Waals surface area contributed by atoms with Crippen molar-refractivity contribution < 1.29 is 8.78 Å². The lowest BCUT2D eigenvalue weighted by molar-refractivity contribution is -0.0793. The average molecular weight is 341 g/mol. The van der Waals surface area contributed by atoms with Gasteiger partial charge in [-0.2, -0.15) is 8.78 Å². The van der Waals surface area contributed by atoms with E-state index in [1.54, 1.807) is 44.3 Å². The Morgan fingerprint density at radius 2 is 1.96 bits per heavy atom. The van der Waals surface area contributed by atoms with Crippen LogP contribution >= 0.6 is 0 Å². The fourth-order valence-corrected chi connectivity index (χ4v) is 3.50. The summed E-state index contributed by atoms with van der Waals surface area (Å²) in [4.78, 5) is 21.2. The zero-order valence-electron chi connectivity index (χ0n) is 14.0. The molecule has 0 atom stereocenters. The van der Waals surface area contributed by atoms with Crippen molar-refractivity contribution in [3.05, 3.63) is 58.8 Å². The summed E-state index contributed by atoms with van der Waals surface area (Å²) in [5, 5.41) is 0.344. The summed E-state index contributed by atoms with van der Waals surface area (Å²) in [6.07, 6.45) is 1.34. The molecule has 0 spiro atoms. The Balaban J connectivity index is 1.97. The molecule has 128 valence electrons. The van der Waals surface area contributed by atoms with Gasteiger partial charge in [-0.3, -0.25) is 14.3 Å². The van der Waals surface area contributed by atoms with Crippen LogP contribution in [0.2, 0.25) is 0 Å². The summed E-state index contributed by atoms with van der Waals surface area (Å²) in [5.41, 5.74) is 0.643. The van der Waals surface area contributed by atoms with E-state index in [2.05, 4.69) is 9.97 Å². The monoisotopic (exact) mass is 341 g/mol. The molecule has 0 N–H and O–H groups in total. The second-order valence-corrected chi connectivity index (χ2v) is 7.32. The molecule has 3 aromatic rings. The van der Waals surface area contributed by atoms with Gasteiger partial charge in [-0.15, -0.1) is 0 Å². The van der Waals surface area contributed by atoms with Crippen LogP contribution in [0.4, 0.5) is 8.78 Å². The first-order chi connectivity index (χ1) is 11.8. The van der Waals surface area contributed by atoms with Crippen LogP contribution < -0.4 is 5.56 Å². The number of hydrogen-bond acceptors (Lipinski definition) is 3. The topological polar surface area (TPSA) is 47.8 Å². The highest BCUT2D eigenvalue weighted by molar-refractivity contribution is 5.83. The summed E-state index contributed by atoms with van der Waals surface area (Å²) < 4.78 is 30.3. The molecule has 0 unspecified atom stereocenters. The maximum Gasteiger partial charge on any atom is 0.305 e. The van der Waals surface area contributed by atoms with E-state index in [1.165, 1.54) is 0 Å². The van der Waals surface area contributed by atoms with E-state index < -0.39 is 22.7 Å². The van der Waals surface area contributed by atoms with E-state index in [0.29, 0.717) is 11.1 Å². The molecule has 0 saturated carbocycles. The van der Waals surface area contributed by atoms with E-state index in [1.807, 2.05) is 12.1 Å². The Labute approximate surface area is 143 Å². The SMILES string of the molecule is CC1(C)Cn2c(nc3cc(-c4ccccn4)ccc3c2=O)C(F)(F)C1. The predicted molar refractivity (Wildman–Crippen MR) is 91.5 cm³/mol. The molecule has 2 aromatic heterocycles. The number of aromatic nitrogens is 3. The van der Waals surface area contributed by atoms with E-state index in [4.69, 9.17) is 0 Å². The van der Waals surface area contributed by atoms with Crippen molar-refractivity contribution in [2.45, 2.75) is 32.7 Å². The minimum absolute atomic E-state index is 0.238. The normalized spacial score (nSPS) is 18.1. The van der Waals surface area contributed by atoms with E-state index in [0.717, 1.165) is 10.1 Å². The first-order valence-corrected chi connectivity index (χ1v) is 8.11. The number of pyridine rings is 1. The van der Waals surface area contributed by atoms with Gasteiger partial charge in [0.15, 0.2) is 5.82 Å². The van der Waals surface area contributed by atoms with Crippen molar-refractivity contribution in [2.75, 3.05) is 0 Å². The van der Waals surface area contributed by atoms with Gasteiger partial charge in [0, 0.05) is 24.7 Å². The zero-order valence-corrected chi connectivity index (χ0v) is 14.0. The van der Waals surface area contributed by atoms with Gasteiger partial charge in [-0.25, -0.2) is 4.98 Å². The van der Waals surface area contributed by atoms with Gasteiger partial charge in [0.1, 0.15) is 0 Å². The lowest BCUT2D eigenvalue weighted by Crippen LogP contribution is -2.43. The third kappa shape index (κ3) is 2.62. The Kier molecular flexibility index (Phi) is 3.29. The molecule has 0 fully saturated rings. The van der Waals surface area contributed by atoms with Gasteiger partial charge in [0.05, 0.1) is 16.6 Å². The van der Waals surface area contributed by atoms with E-state index in [9.17, 15) is 13.6 Å². The third-order valence-corrected chi connectivity index (χ3v) is 4.53. The molecule has 4 nitrogen and oxygen atoms in total. The molecule has 25 heavy (non-hydrogen) atoms. The highest BCUT2D eigenvalue weighted by Gasteiger charge is 2.47. The Morgan fingerprint density at radius 3 is 2.68 bits per heavy atom. The second kappa shape index (κ2) is 5.18. The van der Waals surface area contributed by atoms with Gasteiger partial charge in [0.25, 0.3) is 5.56 Å². The molecule has 4 rings (SSSR count). The maximum atomic E-state index is 14.6. The molecule has 1 aromatic carbocycles. The molecule has 0 aliphatic carbocycles. The maximum absolute atomic E-state index is 14.6. The van der Waals surface area contributed by atoms with Crippen molar-refractivity contribution in [1.29, 1.82) is 0 Å². The molecule has 0 amide bonds. The first kappa shape index (κ1) is 15.9. The summed E-state index contributed by atoms with van der Waals surface area (Å²) in [7, 11) is 0. The quantitative estimate of drug-likeness (QED) is 0.673. The van der Waals surface area contributed by atoms with E-state index in [-0.39, 0.29) is 18.5 Å². The van der Waals surface area contributed by atoms with Gasteiger partial charge in [-0.05, 0) is 29.7 Å². The van der Waals surface area contributed by atoms with Crippen LogP contribution in [0.3, 0.4) is 0 Å². The van der Waals surface area contributed by atoms with Crippen LogP contribution in [-0.4, -0.2) is 14.5 Å². The first-order valence-electron chi connectivity index (χ1n) is 8.11. The Hall–Kier alpha value is -2.63. The average Bonchev–Trinajstić information content (AvgIpc) is 2.55. The lowest BCUT2D eigenvalue weighted by atomic mass is 9.83. The summed E-state index contributed by atoms with van der Waals surface area (Å²) in [6.45, 7) is 3.72. The highest BCUT2D eigenvalue weighted by atomic mass is 19.3. The highest BCUT2D eigenvalue weighted by Crippen LogP contribution is 2.43. The number of benzene rings is 1. The molecule has 1 aliphatic rings. The summed E-state index contributed by atoms with van der Waals surface area (Å²) >= 11 is 0. The number of nitrogens with zero attached hydrogens (tertiary/aromatic N) is 3. The number of halogens is 2. The molecular formula is C19H17F2N3O. The molecule has 3 heterocycles. The molecule has 0 bridgehead atoms. The van der Waals surface area contributed by atoms with Crippen LogP contribution in [0.15, 0.2) is 47.4 Å². The Bertz CT molecular complexity index is 1030. The van der Waals surface area contributed by atoms with Crippen LogP contribution in [0.1, 0.15) is 26.1 Å². The minimum atomic E-state index is -3.13. The predicted octanol–water partition coefficient (Wildman–Crippen LogP) is 3.98. The van der Waals surface area contributed by atoms with Crippen molar-refractivity contribution in [2.24, 2.45) is 5.41 Å². The van der Waals surface area contributed by atoms with E-state index >= 15 is 0 Å². The van der Waals surface area contributed by atoms with Crippen molar-refractivity contribution in [3.8, 4) is 11.3 Å². The number of fused-ring (bicyclic) bond motifs is 2. The minimum Gasteiger partial charge on any atom is -0.291 e. The molecule has 0 saturated heterocycles. The Morgan fingerprint density at radius 1 is 1.16 bits per heavy atom. The van der Waals surface area contributed by atoms with Crippen LogP contribution in [0.25, 0.3) is 22.2 Å². The zero-order chi connectivity index (χ0) is 17.8. The number of alkyl halides is 2. The summed E-state index contributed by atoms with van der Waals surface area (Å²) in [5.74, 6) is -3.57. The molecule has 6 heteroatoms. The van der Waals surface area contributed by atoms with Crippen LogP contribution in [0.5, 0.6) is 0 Å².